The molecule has 110 valence electrons. The zero-order valence-corrected chi connectivity index (χ0v) is 11.4. The number of carbonyl (C=O) groups excluding carboxylic acids is 1. The van der Waals surface area contributed by atoms with Crippen LogP contribution in [0.1, 0.15) is 12.5 Å². The van der Waals surface area contributed by atoms with Crippen molar-refractivity contribution in [3.8, 4) is 11.6 Å². The van der Waals surface area contributed by atoms with Gasteiger partial charge in [0.1, 0.15) is 6.10 Å². The first-order valence-corrected chi connectivity index (χ1v) is 6.40. The summed E-state index contributed by atoms with van der Waals surface area (Å²) in [7, 11) is 0. The zero-order valence-electron chi connectivity index (χ0n) is 11.4. The summed E-state index contributed by atoms with van der Waals surface area (Å²) < 4.78 is 19.0. The maximum Gasteiger partial charge on any atom is 0.248 e. The number of rotatable bonds is 5. The van der Waals surface area contributed by atoms with Gasteiger partial charge in [0.25, 0.3) is 0 Å². The van der Waals surface area contributed by atoms with Crippen LogP contribution in [0.25, 0.3) is 0 Å². The first-order chi connectivity index (χ1) is 10.1. The number of hydrogen-bond acceptors (Lipinski definition) is 4. The Kier molecular flexibility index (Phi) is 4.84. The van der Waals surface area contributed by atoms with E-state index in [-0.39, 0.29) is 18.2 Å². The topological polar surface area (TPSA) is 71.5 Å². The first-order valence-electron chi connectivity index (χ1n) is 6.40. The minimum Gasteiger partial charge on any atom is -0.436 e. The second-order valence-corrected chi connectivity index (χ2v) is 4.39. The molecule has 21 heavy (non-hydrogen) atoms. The number of amides is 1. The van der Waals surface area contributed by atoms with Gasteiger partial charge in [-0.25, -0.2) is 9.37 Å². The highest BCUT2D eigenvalue weighted by Crippen LogP contribution is 2.25. The molecule has 1 heterocycles. The van der Waals surface area contributed by atoms with Gasteiger partial charge in [-0.05, 0) is 25.1 Å². The Morgan fingerprint density at radius 2 is 2.14 bits per heavy atom. The molecule has 0 aliphatic carbocycles. The van der Waals surface area contributed by atoms with Gasteiger partial charge in [-0.1, -0.05) is 18.2 Å². The van der Waals surface area contributed by atoms with Crippen LogP contribution < -0.4 is 10.1 Å². The van der Waals surface area contributed by atoms with Crippen LogP contribution in [0.3, 0.4) is 0 Å². The van der Waals surface area contributed by atoms with Gasteiger partial charge in [-0.15, -0.1) is 0 Å². The van der Waals surface area contributed by atoms with E-state index >= 15 is 0 Å². The van der Waals surface area contributed by atoms with E-state index in [0.717, 1.165) is 0 Å². The van der Waals surface area contributed by atoms with Crippen molar-refractivity contribution < 1.29 is 19.0 Å². The van der Waals surface area contributed by atoms with E-state index < -0.39 is 17.8 Å². The SMILES string of the molecule is C[C@@H](O)C(=O)NCc1cccnc1Oc1ccccc1F. The molecule has 0 aliphatic heterocycles. The Hall–Kier alpha value is -2.47. The molecule has 0 saturated heterocycles. The highest BCUT2D eigenvalue weighted by Gasteiger charge is 2.12. The highest BCUT2D eigenvalue weighted by atomic mass is 19.1. The fourth-order valence-electron chi connectivity index (χ4n) is 1.61. The third-order valence-corrected chi connectivity index (χ3v) is 2.73. The molecule has 6 heteroatoms. The molecule has 1 aromatic heterocycles. The van der Waals surface area contributed by atoms with E-state index in [9.17, 15) is 9.18 Å². The van der Waals surface area contributed by atoms with Crippen molar-refractivity contribution in [3.05, 3.63) is 54.0 Å². The lowest BCUT2D eigenvalue weighted by molar-refractivity contribution is -0.128. The third-order valence-electron chi connectivity index (χ3n) is 2.73. The lowest BCUT2D eigenvalue weighted by Gasteiger charge is -2.11. The number of para-hydroxylation sites is 1. The van der Waals surface area contributed by atoms with Gasteiger partial charge < -0.3 is 15.2 Å². The van der Waals surface area contributed by atoms with Crippen molar-refractivity contribution in [2.24, 2.45) is 0 Å². The summed E-state index contributed by atoms with van der Waals surface area (Å²) in [5.41, 5.74) is 0.578. The number of aromatic nitrogens is 1. The molecule has 0 bridgehead atoms. The molecule has 5 nitrogen and oxygen atoms in total. The van der Waals surface area contributed by atoms with E-state index in [1.165, 1.54) is 25.3 Å². The Labute approximate surface area is 121 Å². The predicted molar refractivity (Wildman–Crippen MR) is 74.2 cm³/mol. The number of aliphatic hydroxyl groups is 1. The predicted octanol–water partition coefficient (Wildman–Crippen LogP) is 2.01. The summed E-state index contributed by atoms with van der Waals surface area (Å²) in [6.07, 6.45) is 0.411. The number of nitrogens with zero attached hydrogens (tertiary/aromatic N) is 1. The molecule has 1 atom stereocenters. The molecule has 2 rings (SSSR count). The fraction of sp³-hybridized carbons (Fsp3) is 0.200. The first kappa shape index (κ1) is 14.9. The molecule has 0 spiro atoms. The molecule has 1 aromatic carbocycles. The Morgan fingerprint density at radius 3 is 2.86 bits per heavy atom. The summed E-state index contributed by atoms with van der Waals surface area (Å²) in [6, 6.07) is 9.36. The highest BCUT2D eigenvalue weighted by molar-refractivity contribution is 5.79. The van der Waals surface area contributed by atoms with E-state index in [0.29, 0.717) is 5.56 Å². The fourth-order valence-corrected chi connectivity index (χ4v) is 1.61. The summed E-state index contributed by atoms with van der Waals surface area (Å²) in [5, 5.41) is 11.7. The largest absolute Gasteiger partial charge is 0.436 e. The van der Waals surface area contributed by atoms with Gasteiger partial charge >= 0.3 is 0 Å². The number of benzene rings is 1. The maximum absolute atomic E-state index is 13.6. The smallest absolute Gasteiger partial charge is 0.248 e. The number of halogens is 1. The summed E-state index contributed by atoms with van der Waals surface area (Å²) >= 11 is 0. The molecule has 2 aromatic rings. The monoisotopic (exact) mass is 290 g/mol. The average molecular weight is 290 g/mol. The summed E-state index contributed by atoms with van der Waals surface area (Å²) in [6.45, 7) is 1.50. The molecule has 0 radical (unpaired) electrons. The van der Waals surface area contributed by atoms with Gasteiger partial charge in [0.2, 0.25) is 11.8 Å². The molecule has 1 amide bonds. The van der Waals surface area contributed by atoms with Crippen LogP contribution in [0, 0.1) is 5.82 Å². The van der Waals surface area contributed by atoms with Gasteiger partial charge in [-0.3, -0.25) is 4.79 Å². The molecule has 0 saturated carbocycles. The van der Waals surface area contributed by atoms with Crippen LogP contribution in [-0.4, -0.2) is 22.1 Å². The van der Waals surface area contributed by atoms with Crippen LogP contribution in [-0.2, 0) is 11.3 Å². The van der Waals surface area contributed by atoms with Crippen molar-refractivity contribution >= 4 is 5.91 Å². The van der Waals surface area contributed by atoms with Gasteiger partial charge in [0.15, 0.2) is 11.6 Å². The number of nitrogens with one attached hydrogen (secondary N) is 1. The maximum atomic E-state index is 13.6. The van der Waals surface area contributed by atoms with Crippen LogP contribution in [0.5, 0.6) is 11.6 Å². The normalized spacial score (nSPS) is 11.8. The lowest BCUT2D eigenvalue weighted by Crippen LogP contribution is -2.32. The van der Waals surface area contributed by atoms with Crippen molar-refractivity contribution in [3.63, 3.8) is 0 Å². The van der Waals surface area contributed by atoms with Gasteiger partial charge in [0.05, 0.1) is 0 Å². The second-order valence-electron chi connectivity index (χ2n) is 4.39. The van der Waals surface area contributed by atoms with Crippen LogP contribution in [0.15, 0.2) is 42.6 Å². The van der Waals surface area contributed by atoms with Crippen molar-refractivity contribution in [1.29, 1.82) is 0 Å². The summed E-state index contributed by atoms with van der Waals surface area (Å²) in [4.78, 5) is 15.4. The van der Waals surface area contributed by atoms with Gasteiger partial charge in [-0.2, -0.15) is 0 Å². The Bertz CT molecular complexity index is 632. The van der Waals surface area contributed by atoms with Gasteiger partial charge in [0, 0.05) is 18.3 Å². The minimum absolute atomic E-state index is 0.0549. The number of hydrogen-bond donors (Lipinski definition) is 2. The quantitative estimate of drug-likeness (QED) is 0.883. The molecule has 0 aliphatic rings. The number of aliphatic hydroxyl groups excluding tert-OH is 1. The minimum atomic E-state index is -1.10. The lowest BCUT2D eigenvalue weighted by atomic mass is 10.2. The van der Waals surface area contributed by atoms with E-state index in [4.69, 9.17) is 9.84 Å². The number of carbonyl (C=O) groups is 1. The zero-order chi connectivity index (χ0) is 15.2. The Morgan fingerprint density at radius 1 is 1.38 bits per heavy atom. The molecule has 2 N–H and O–H groups in total. The van der Waals surface area contributed by atoms with Crippen LogP contribution >= 0.6 is 0 Å². The Balaban J connectivity index is 2.14. The average Bonchev–Trinajstić information content (AvgIpc) is 2.48. The number of ether oxygens (including phenoxy) is 1. The third kappa shape index (κ3) is 4.00. The molecular formula is C15H15FN2O3. The van der Waals surface area contributed by atoms with Crippen molar-refractivity contribution in [2.45, 2.75) is 19.6 Å². The molecular weight excluding hydrogens is 275 g/mol. The van der Waals surface area contributed by atoms with E-state index in [1.54, 1.807) is 24.3 Å². The summed E-state index contributed by atoms with van der Waals surface area (Å²) in [5.74, 6) is -0.745. The number of pyridine rings is 1. The standard InChI is InChI=1S/C15H15FN2O3/c1-10(19)14(20)18-9-11-5-4-8-17-15(11)21-13-7-3-2-6-12(13)16/h2-8,10,19H,9H2,1H3,(H,18,20)/t10-/m1/s1. The van der Waals surface area contributed by atoms with Crippen molar-refractivity contribution in [2.75, 3.05) is 0 Å². The second kappa shape index (κ2) is 6.81. The van der Waals surface area contributed by atoms with Crippen LogP contribution in [0.4, 0.5) is 4.39 Å². The van der Waals surface area contributed by atoms with E-state index in [1.807, 2.05) is 0 Å². The van der Waals surface area contributed by atoms with Crippen molar-refractivity contribution in [1.82, 2.24) is 10.3 Å². The van der Waals surface area contributed by atoms with Crippen LogP contribution in [0.2, 0.25) is 0 Å². The van der Waals surface area contributed by atoms with E-state index in [2.05, 4.69) is 10.3 Å². The molecule has 0 fully saturated rings. The molecule has 0 unspecified atom stereocenters.